The van der Waals surface area contributed by atoms with E-state index in [2.05, 4.69) is 14.9 Å². The van der Waals surface area contributed by atoms with Crippen molar-refractivity contribution in [2.45, 2.75) is 6.18 Å². The van der Waals surface area contributed by atoms with Crippen molar-refractivity contribution in [1.29, 1.82) is 0 Å². The van der Waals surface area contributed by atoms with Crippen LogP contribution < -0.4 is 9.46 Å². The summed E-state index contributed by atoms with van der Waals surface area (Å²) in [5, 5.41) is 3.95. The summed E-state index contributed by atoms with van der Waals surface area (Å²) >= 11 is 0. The lowest BCUT2D eigenvalue weighted by molar-refractivity contribution is -0.137. The van der Waals surface area contributed by atoms with Gasteiger partial charge in [0.2, 0.25) is 15.8 Å². The average molecular weight is 475 g/mol. The number of benzene rings is 3. The van der Waals surface area contributed by atoms with Crippen molar-refractivity contribution in [2.75, 3.05) is 11.0 Å². The van der Waals surface area contributed by atoms with Crippen molar-refractivity contribution < 1.29 is 30.8 Å². The molecule has 0 aliphatic carbocycles. The van der Waals surface area contributed by atoms with Gasteiger partial charge in [0, 0.05) is 16.8 Å². The van der Waals surface area contributed by atoms with E-state index in [1.807, 2.05) is 0 Å². The number of hydrogen-bond acceptors (Lipinski definition) is 6. The van der Waals surface area contributed by atoms with Gasteiger partial charge in [-0.05, 0) is 72.8 Å². The van der Waals surface area contributed by atoms with Crippen molar-refractivity contribution in [1.82, 2.24) is 10.1 Å². The third-order valence-electron chi connectivity index (χ3n) is 4.39. The smallest absolute Gasteiger partial charge is 0.416 e. The van der Waals surface area contributed by atoms with E-state index in [0.717, 1.165) is 18.4 Å². The summed E-state index contributed by atoms with van der Waals surface area (Å²) in [6.07, 6.45) is -3.34. The van der Waals surface area contributed by atoms with Gasteiger partial charge in [0.25, 0.3) is 5.89 Å². The summed E-state index contributed by atoms with van der Waals surface area (Å²) in [5.41, 5.74) is 0.902. The number of anilines is 1. The number of halogens is 3. The largest absolute Gasteiger partial charge is 0.457 e. The van der Waals surface area contributed by atoms with Gasteiger partial charge in [0.15, 0.2) is 0 Å². The van der Waals surface area contributed by atoms with Crippen LogP contribution in [-0.2, 0) is 16.2 Å². The molecule has 0 radical (unpaired) electrons. The van der Waals surface area contributed by atoms with Gasteiger partial charge in [-0.15, -0.1) is 0 Å². The van der Waals surface area contributed by atoms with Crippen molar-refractivity contribution in [3.8, 4) is 34.3 Å². The predicted octanol–water partition coefficient (Wildman–Crippen LogP) is 5.59. The molecule has 0 unspecified atom stereocenters. The summed E-state index contributed by atoms with van der Waals surface area (Å²) in [4.78, 5) is 4.34. The molecule has 0 saturated carbocycles. The minimum absolute atomic E-state index is 0.251. The Morgan fingerprint density at radius 3 is 1.94 bits per heavy atom. The fourth-order valence-corrected chi connectivity index (χ4v) is 3.44. The highest BCUT2D eigenvalue weighted by Gasteiger charge is 2.30. The summed E-state index contributed by atoms with van der Waals surface area (Å²) in [5.74, 6) is 1.27. The van der Waals surface area contributed by atoms with Crippen LogP contribution in [0.1, 0.15) is 5.56 Å². The first-order valence-corrected chi connectivity index (χ1v) is 11.3. The zero-order valence-corrected chi connectivity index (χ0v) is 17.8. The Hall–Kier alpha value is -3.86. The Balaban J connectivity index is 1.44. The molecular weight excluding hydrogens is 459 g/mol. The van der Waals surface area contributed by atoms with E-state index < -0.39 is 21.8 Å². The Morgan fingerprint density at radius 2 is 1.39 bits per heavy atom. The first-order valence-electron chi connectivity index (χ1n) is 9.44. The zero-order chi connectivity index (χ0) is 23.6. The molecule has 0 bridgehead atoms. The van der Waals surface area contributed by atoms with E-state index in [9.17, 15) is 21.6 Å². The molecule has 170 valence electrons. The van der Waals surface area contributed by atoms with Crippen molar-refractivity contribution in [2.24, 2.45) is 0 Å². The van der Waals surface area contributed by atoms with Crippen molar-refractivity contribution >= 4 is 15.7 Å². The number of ether oxygens (including phenoxy) is 1. The maximum absolute atomic E-state index is 12.7. The molecule has 4 aromatic rings. The Morgan fingerprint density at radius 1 is 0.848 bits per heavy atom. The van der Waals surface area contributed by atoms with Crippen LogP contribution in [0.25, 0.3) is 22.8 Å². The molecule has 0 atom stereocenters. The van der Waals surface area contributed by atoms with Crippen molar-refractivity contribution in [3.63, 3.8) is 0 Å². The Bertz CT molecular complexity index is 1350. The van der Waals surface area contributed by atoms with E-state index in [1.54, 1.807) is 48.5 Å². The fourth-order valence-electron chi connectivity index (χ4n) is 2.87. The summed E-state index contributed by atoms with van der Waals surface area (Å²) in [7, 11) is -3.37. The second-order valence-corrected chi connectivity index (χ2v) is 8.77. The molecule has 0 amide bonds. The van der Waals surface area contributed by atoms with E-state index in [1.165, 1.54) is 12.1 Å². The standard InChI is InChI=1S/C22H16F3N3O4S/c1-33(29,30)28-17-8-2-15(3-9-17)21-26-20(27-32-21)14-4-10-18(11-5-14)31-19-12-6-16(7-13-19)22(23,24)25/h2-13,28H,1H3. The first-order chi connectivity index (χ1) is 15.6. The predicted molar refractivity (Wildman–Crippen MR) is 115 cm³/mol. The number of alkyl halides is 3. The van der Waals surface area contributed by atoms with Crippen molar-refractivity contribution in [3.05, 3.63) is 78.4 Å². The highest BCUT2D eigenvalue weighted by atomic mass is 32.2. The quantitative estimate of drug-likeness (QED) is 0.391. The molecule has 33 heavy (non-hydrogen) atoms. The molecule has 3 aromatic carbocycles. The number of hydrogen-bond donors (Lipinski definition) is 1. The number of nitrogens with one attached hydrogen (secondary N) is 1. The molecule has 4 rings (SSSR count). The van der Waals surface area contributed by atoms with E-state index >= 15 is 0 Å². The maximum atomic E-state index is 12.7. The van der Waals surface area contributed by atoms with E-state index in [-0.39, 0.29) is 11.6 Å². The Kier molecular flexibility index (Phi) is 5.81. The molecule has 7 nitrogen and oxygen atoms in total. The minimum atomic E-state index is -4.40. The minimum Gasteiger partial charge on any atom is -0.457 e. The van der Waals surface area contributed by atoms with Crippen LogP contribution >= 0.6 is 0 Å². The zero-order valence-electron chi connectivity index (χ0n) is 17.0. The molecule has 1 N–H and O–H groups in total. The van der Waals surface area contributed by atoms with E-state index in [4.69, 9.17) is 9.26 Å². The average Bonchev–Trinajstić information content (AvgIpc) is 3.24. The lowest BCUT2D eigenvalue weighted by Gasteiger charge is -2.09. The van der Waals surface area contributed by atoms with Crippen LogP contribution in [0.15, 0.2) is 77.3 Å². The fraction of sp³-hybridized carbons (Fsp3) is 0.0909. The molecule has 0 saturated heterocycles. The number of nitrogens with zero attached hydrogens (tertiary/aromatic N) is 2. The van der Waals surface area contributed by atoms with Gasteiger partial charge in [-0.3, -0.25) is 4.72 Å². The van der Waals surface area contributed by atoms with Crippen LogP contribution in [-0.4, -0.2) is 24.8 Å². The summed E-state index contributed by atoms with van der Waals surface area (Å²) in [6, 6.07) is 17.5. The Labute approximate surface area is 186 Å². The summed E-state index contributed by atoms with van der Waals surface area (Å²) < 4.78 is 73.8. The van der Waals surface area contributed by atoms with Gasteiger partial charge in [-0.1, -0.05) is 5.16 Å². The molecule has 0 spiro atoms. The highest BCUT2D eigenvalue weighted by Crippen LogP contribution is 2.32. The van der Waals surface area contributed by atoms with Gasteiger partial charge < -0.3 is 9.26 Å². The van der Waals surface area contributed by atoms with Gasteiger partial charge in [-0.2, -0.15) is 18.2 Å². The van der Waals surface area contributed by atoms with Crippen LogP contribution in [0.2, 0.25) is 0 Å². The topological polar surface area (TPSA) is 94.3 Å². The van der Waals surface area contributed by atoms with E-state index in [0.29, 0.717) is 28.4 Å². The number of aromatic nitrogens is 2. The number of sulfonamides is 1. The molecule has 1 aromatic heterocycles. The van der Waals surface area contributed by atoms with Crippen LogP contribution in [0.3, 0.4) is 0 Å². The second kappa shape index (κ2) is 8.58. The normalized spacial score (nSPS) is 11.9. The van der Waals surface area contributed by atoms with Crippen LogP contribution in [0.5, 0.6) is 11.5 Å². The molecule has 1 heterocycles. The van der Waals surface area contributed by atoms with Crippen LogP contribution in [0.4, 0.5) is 18.9 Å². The van der Waals surface area contributed by atoms with Gasteiger partial charge in [0.05, 0.1) is 11.8 Å². The molecule has 0 aliphatic heterocycles. The third kappa shape index (κ3) is 5.69. The van der Waals surface area contributed by atoms with Crippen LogP contribution in [0, 0.1) is 0 Å². The van der Waals surface area contributed by atoms with Gasteiger partial charge in [0.1, 0.15) is 11.5 Å². The molecular formula is C22H16F3N3O4S. The van der Waals surface area contributed by atoms with Gasteiger partial charge >= 0.3 is 6.18 Å². The monoisotopic (exact) mass is 475 g/mol. The maximum Gasteiger partial charge on any atom is 0.416 e. The molecule has 11 heteroatoms. The first kappa shape index (κ1) is 22.3. The lowest BCUT2D eigenvalue weighted by Crippen LogP contribution is -2.09. The lowest BCUT2D eigenvalue weighted by atomic mass is 10.2. The third-order valence-corrected chi connectivity index (χ3v) is 5.00. The molecule has 0 fully saturated rings. The highest BCUT2D eigenvalue weighted by molar-refractivity contribution is 7.92. The summed E-state index contributed by atoms with van der Waals surface area (Å²) in [6.45, 7) is 0. The number of rotatable bonds is 6. The second-order valence-electron chi connectivity index (χ2n) is 7.02. The molecule has 0 aliphatic rings. The SMILES string of the molecule is CS(=O)(=O)Nc1ccc(-c2nc(-c3ccc(Oc4ccc(C(F)(F)F)cc4)cc3)no2)cc1. The van der Waals surface area contributed by atoms with Gasteiger partial charge in [-0.25, -0.2) is 8.42 Å².